The molecule has 0 atom stereocenters. The molecule has 0 N–H and O–H groups in total. The summed E-state index contributed by atoms with van der Waals surface area (Å²) in [6.45, 7) is 1.55. The summed E-state index contributed by atoms with van der Waals surface area (Å²) in [5, 5.41) is 0. The molecule has 0 bridgehead atoms. The van der Waals surface area contributed by atoms with Gasteiger partial charge in [0, 0.05) is 27.8 Å². The molecule has 0 radical (unpaired) electrons. The van der Waals surface area contributed by atoms with E-state index in [-0.39, 0.29) is 11.4 Å². The van der Waals surface area contributed by atoms with Crippen molar-refractivity contribution >= 4 is 27.5 Å². The molecule has 1 aromatic rings. The van der Waals surface area contributed by atoms with E-state index >= 15 is 0 Å². The number of hydrogen-bond donors (Lipinski definition) is 0. The van der Waals surface area contributed by atoms with Crippen LogP contribution < -0.4 is 0 Å². The molecule has 13 heavy (non-hydrogen) atoms. The van der Waals surface area contributed by atoms with Gasteiger partial charge in [-0.3, -0.25) is 4.98 Å². The highest BCUT2D eigenvalue weighted by Gasteiger charge is 2.18. The van der Waals surface area contributed by atoms with Crippen molar-refractivity contribution < 1.29 is 8.78 Å². The van der Waals surface area contributed by atoms with Crippen LogP contribution in [0.3, 0.4) is 0 Å². The number of pyridine rings is 1. The summed E-state index contributed by atoms with van der Waals surface area (Å²) >= 11 is 8.69. The van der Waals surface area contributed by atoms with Gasteiger partial charge in [0.25, 0.3) is 6.43 Å². The molecule has 0 fully saturated rings. The highest BCUT2D eigenvalue weighted by molar-refractivity contribution is 9.10. The van der Waals surface area contributed by atoms with Crippen LogP contribution in [0.1, 0.15) is 23.2 Å². The van der Waals surface area contributed by atoms with E-state index in [0.29, 0.717) is 15.7 Å². The summed E-state index contributed by atoms with van der Waals surface area (Å²) in [6, 6.07) is 0. The zero-order valence-electron chi connectivity index (χ0n) is 6.82. The van der Waals surface area contributed by atoms with Crippen LogP contribution in [-0.2, 0) is 5.88 Å². The molecule has 1 heterocycles. The van der Waals surface area contributed by atoms with E-state index in [9.17, 15) is 8.78 Å². The van der Waals surface area contributed by atoms with Crippen LogP contribution in [0.25, 0.3) is 0 Å². The van der Waals surface area contributed by atoms with Crippen LogP contribution in [0, 0.1) is 6.92 Å². The SMILES string of the molecule is Cc1ncc(Br)c(CCl)c1C(F)F. The van der Waals surface area contributed by atoms with Crippen LogP contribution in [0.5, 0.6) is 0 Å². The molecule has 5 heteroatoms. The first-order valence-electron chi connectivity index (χ1n) is 3.56. The van der Waals surface area contributed by atoms with E-state index in [1.54, 1.807) is 6.92 Å². The number of alkyl halides is 3. The highest BCUT2D eigenvalue weighted by atomic mass is 79.9. The highest BCUT2D eigenvalue weighted by Crippen LogP contribution is 2.31. The Morgan fingerprint density at radius 1 is 1.62 bits per heavy atom. The molecule has 1 rings (SSSR count). The van der Waals surface area contributed by atoms with Gasteiger partial charge in [0.2, 0.25) is 0 Å². The number of hydrogen-bond acceptors (Lipinski definition) is 1. The topological polar surface area (TPSA) is 12.9 Å². The van der Waals surface area contributed by atoms with Gasteiger partial charge in [0.1, 0.15) is 0 Å². The van der Waals surface area contributed by atoms with Crippen molar-refractivity contribution in [3.63, 3.8) is 0 Å². The largest absolute Gasteiger partial charge is 0.265 e. The summed E-state index contributed by atoms with van der Waals surface area (Å²) in [5.41, 5.74) is 0.683. The molecule has 0 saturated heterocycles. The minimum Gasteiger partial charge on any atom is -0.260 e. The number of nitrogens with zero attached hydrogens (tertiary/aromatic N) is 1. The van der Waals surface area contributed by atoms with Crippen LogP contribution in [0.4, 0.5) is 8.78 Å². The van der Waals surface area contributed by atoms with Crippen molar-refractivity contribution in [1.29, 1.82) is 0 Å². The summed E-state index contributed by atoms with van der Waals surface area (Å²) < 4.78 is 25.6. The second kappa shape index (κ2) is 4.33. The zero-order valence-corrected chi connectivity index (χ0v) is 9.16. The molecule has 0 spiro atoms. The smallest absolute Gasteiger partial charge is 0.260 e. The quantitative estimate of drug-likeness (QED) is 0.744. The van der Waals surface area contributed by atoms with Crippen molar-refractivity contribution in [1.82, 2.24) is 4.98 Å². The molecular formula is C8H7BrClF2N. The lowest BCUT2D eigenvalue weighted by Crippen LogP contribution is -1.99. The van der Waals surface area contributed by atoms with Gasteiger partial charge < -0.3 is 0 Å². The fraction of sp³-hybridized carbons (Fsp3) is 0.375. The van der Waals surface area contributed by atoms with Gasteiger partial charge in [-0.25, -0.2) is 8.78 Å². The Kier molecular flexibility index (Phi) is 3.62. The number of halogens is 4. The lowest BCUT2D eigenvalue weighted by molar-refractivity contribution is 0.149. The predicted octanol–water partition coefficient (Wildman–Crippen LogP) is 3.83. The third-order valence-corrected chi connectivity index (χ3v) is 2.68. The minimum absolute atomic E-state index is 0.0591. The van der Waals surface area contributed by atoms with E-state index in [4.69, 9.17) is 11.6 Å². The van der Waals surface area contributed by atoms with Gasteiger partial charge in [0.15, 0.2) is 0 Å². The lowest BCUT2D eigenvalue weighted by atomic mass is 10.1. The molecule has 1 aromatic heterocycles. The normalized spacial score (nSPS) is 10.9. The van der Waals surface area contributed by atoms with E-state index in [0.717, 1.165) is 0 Å². The molecule has 72 valence electrons. The lowest BCUT2D eigenvalue weighted by Gasteiger charge is -2.10. The third-order valence-electron chi connectivity index (χ3n) is 1.73. The standard InChI is InChI=1S/C8H7BrClF2N/c1-4-7(8(11)12)5(2-10)6(9)3-13-4/h3,8H,2H2,1H3. The van der Waals surface area contributed by atoms with Crippen molar-refractivity contribution in [2.45, 2.75) is 19.2 Å². The van der Waals surface area contributed by atoms with E-state index in [1.807, 2.05) is 0 Å². The Morgan fingerprint density at radius 2 is 2.23 bits per heavy atom. The van der Waals surface area contributed by atoms with Crippen molar-refractivity contribution in [3.8, 4) is 0 Å². The monoisotopic (exact) mass is 269 g/mol. The predicted molar refractivity (Wildman–Crippen MR) is 51.2 cm³/mol. The van der Waals surface area contributed by atoms with Crippen LogP contribution in [0.2, 0.25) is 0 Å². The first-order valence-corrected chi connectivity index (χ1v) is 4.88. The molecule has 1 nitrogen and oxygen atoms in total. The van der Waals surface area contributed by atoms with Gasteiger partial charge in [-0.2, -0.15) is 0 Å². The van der Waals surface area contributed by atoms with E-state index in [2.05, 4.69) is 20.9 Å². The molecule has 0 amide bonds. The van der Waals surface area contributed by atoms with Crippen LogP contribution in [0.15, 0.2) is 10.7 Å². The summed E-state index contributed by atoms with van der Waals surface area (Å²) in [6.07, 6.45) is -1.04. The van der Waals surface area contributed by atoms with Gasteiger partial charge in [-0.05, 0) is 28.4 Å². The molecule has 0 aliphatic rings. The third kappa shape index (κ3) is 2.17. The summed E-state index contributed by atoms with van der Waals surface area (Å²) in [5.74, 6) is 0.0591. The first-order chi connectivity index (χ1) is 6.07. The Hall–Kier alpha value is -0.220. The first kappa shape index (κ1) is 10.9. The molecular weight excluding hydrogens is 263 g/mol. The maximum atomic E-state index is 12.5. The van der Waals surface area contributed by atoms with Crippen molar-refractivity contribution in [2.75, 3.05) is 0 Å². The molecule has 0 saturated carbocycles. The Morgan fingerprint density at radius 3 is 2.62 bits per heavy atom. The fourth-order valence-corrected chi connectivity index (χ4v) is 1.98. The second-order valence-corrected chi connectivity index (χ2v) is 3.64. The van der Waals surface area contributed by atoms with E-state index in [1.165, 1.54) is 6.20 Å². The van der Waals surface area contributed by atoms with Gasteiger partial charge >= 0.3 is 0 Å². The minimum atomic E-state index is -2.53. The average Bonchev–Trinajstić information content (AvgIpc) is 2.07. The van der Waals surface area contributed by atoms with Crippen LogP contribution in [-0.4, -0.2) is 4.98 Å². The van der Waals surface area contributed by atoms with E-state index < -0.39 is 6.43 Å². The van der Waals surface area contributed by atoms with Gasteiger partial charge in [0.05, 0.1) is 0 Å². The zero-order chi connectivity index (χ0) is 10.0. The summed E-state index contributed by atoms with van der Waals surface area (Å²) in [4.78, 5) is 3.82. The maximum Gasteiger partial charge on any atom is 0.265 e. The number of aryl methyl sites for hydroxylation is 1. The van der Waals surface area contributed by atoms with Crippen molar-refractivity contribution in [3.05, 3.63) is 27.5 Å². The fourth-order valence-electron chi connectivity index (χ4n) is 1.07. The maximum absolute atomic E-state index is 12.5. The Balaban J connectivity index is 3.35. The molecule has 0 unspecified atom stereocenters. The molecule has 0 aliphatic heterocycles. The number of aromatic nitrogens is 1. The average molecular weight is 271 g/mol. The molecule has 0 aromatic carbocycles. The Labute approximate surface area is 88.2 Å². The molecule has 0 aliphatic carbocycles. The van der Waals surface area contributed by atoms with Crippen molar-refractivity contribution in [2.24, 2.45) is 0 Å². The van der Waals surface area contributed by atoms with Crippen LogP contribution >= 0.6 is 27.5 Å². The summed E-state index contributed by atoms with van der Waals surface area (Å²) in [7, 11) is 0. The Bertz CT molecular complexity index is 317. The van der Waals surface area contributed by atoms with Gasteiger partial charge in [-0.15, -0.1) is 11.6 Å². The second-order valence-electron chi connectivity index (χ2n) is 2.52. The van der Waals surface area contributed by atoms with Gasteiger partial charge in [-0.1, -0.05) is 0 Å². The number of rotatable bonds is 2.